The molecular formula is C86H88F2N18. The van der Waals surface area contributed by atoms with Crippen molar-refractivity contribution in [3.8, 4) is 97.1 Å². The lowest BCUT2D eigenvalue weighted by Crippen LogP contribution is -2.61. The third kappa shape index (κ3) is 13.0. The lowest BCUT2D eigenvalue weighted by Gasteiger charge is -2.51. The van der Waals surface area contributed by atoms with Crippen LogP contribution in [0.1, 0.15) is 66.1 Å². The van der Waals surface area contributed by atoms with Crippen molar-refractivity contribution in [2.45, 2.75) is 65.2 Å². The summed E-state index contributed by atoms with van der Waals surface area (Å²) in [5, 5.41) is 27.0. The molecule has 0 aliphatic carbocycles. The average molecular weight is 1410 g/mol. The first kappa shape index (κ1) is 68.0. The zero-order chi connectivity index (χ0) is 72.5. The van der Waals surface area contributed by atoms with E-state index in [1.54, 1.807) is 6.33 Å². The number of rotatable bonds is 13. The first-order valence-electron chi connectivity index (χ1n) is 37.3. The van der Waals surface area contributed by atoms with E-state index in [2.05, 4.69) is 213 Å². The van der Waals surface area contributed by atoms with E-state index in [1.807, 2.05) is 79.3 Å². The van der Waals surface area contributed by atoms with Gasteiger partial charge in [0.2, 0.25) is 0 Å². The van der Waals surface area contributed by atoms with Gasteiger partial charge in [-0.25, -0.2) is 18.7 Å². The molecule has 1 unspecified atom stereocenters. The van der Waals surface area contributed by atoms with Gasteiger partial charge >= 0.3 is 0 Å². The fraction of sp³-hybridized carbons (Fsp3) is 0.326. The van der Waals surface area contributed by atoms with Crippen LogP contribution in [0.5, 0.6) is 0 Å². The Hall–Kier alpha value is -11.2. The van der Waals surface area contributed by atoms with Crippen molar-refractivity contribution in [2.24, 2.45) is 17.3 Å². The summed E-state index contributed by atoms with van der Waals surface area (Å²) in [5.74, 6) is 3.93. The predicted octanol–water partition coefficient (Wildman–Crippen LogP) is 14.7. The van der Waals surface area contributed by atoms with Crippen LogP contribution >= 0.6 is 0 Å². The number of hydrogen-bond donors (Lipinski definition) is 0. The number of fused-ring (bicyclic) bond motifs is 15. The van der Waals surface area contributed by atoms with Crippen molar-refractivity contribution in [3.63, 3.8) is 0 Å². The van der Waals surface area contributed by atoms with Gasteiger partial charge in [0.05, 0.1) is 57.4 Å². The second kappa shape index (κ2) is 28.0. The van der Waals surface area contributed by atoms with Crippen LogP contribution in [-0.2, 0) is 19.6 Å². The van der Waals surface area contributed by atoms with Crippen LogP contribution in [0.2, 0.25) is 0 Å². The minimum absolute atomic E-state index is 0.0760. The molecule has 1 spiro atoms. The van der Waals surface area contributed by atoms with Gasteiger partial charge in [-0.1, -0.05) is 43.3 Å². The molecule has 6 aromatic carbocycles. The van der Waals surface area contributed by atoms with Gasteiger partial charge in [-0.05, 0) is 215 Å². The summed E-state index contributed by atoms with van der Waals surface area (Å²) >= 11 is 0. The molecule has 0 amide bonds. The van der Waals surface area contributed by atoms with Crippen molar-refractivity contribution in [1.29, 1.82) is 10.5 Å². The zero-order valence-electron chi connectivity index (χ0n) is 61.2. The molecule has 536 valence electrons. The average Bonchev–Trinajstić information content (AvgIpc) is 1.60. The van der Waals surface area contributed by atoms with Crippen LogP contribution in [0.4, 0.5) is 25.8 Å². The molecule has 4 saturated heterocycles. The molecule has 6 aromatic heterocycles. The van der Waals surface area contributed by atoms with Crippen molar-refractivity contribution in [1.82, 2.24) is 62.3 Å². The number of benzene rings is 6. The number of imidazole rings is 2. The van der Waals surface area contributed by atoms with Gasteiger partial charge in [-0.2, -0.15) is 10.5 Å². The number of aryl methyl sites for hydroxylation is 1. The Kier molecular flexibility index (Phi) is 18.0. The highest BCUT2D eigenvalue weighted by Crippen LogP contribution is 2.45. The Morgan fingerprint density at radius 1 is 0.547 bits per heavy atom. The van der Waals surface area contributed by atoms with Crippen LogP contribution in [0.15, 0.2) is 189 Å². The maximum Gasteiger partial charge on any atom is 0.185 e. The molecule has 4 fully saturated rings. The number of nitriles is 2. The van der Waals surface area contributed by atoms with E-state index < -0.39 is 0 Å². The molecule has 7 aliphatic rings. The predicted molar refractivity (Wildman–Crippen MR) is 415 cm³/mol. The molecule has 0 bridgehead atoms. The minimum Gasteiger partial charge on any atom is -0.371 e. The standard InChI is InChI=1S/C30H31F2N5.C29H30N6.C27H27N7/c1-2-25(15-31)36-19-30(20-36)9-11-34(18-30)26-7-8-27-23(13-26)17-35-16-22(21-3-5-24(32)6-4-21)14-28(35)29-33-10-12-37(27)29;1-20-15-31-29-28-13-24(23-6-4-21(14-30)5-7-23)18-34(28)19-25-12-26(8-9-27(25)35(20)29)33-11-10-22(17-33)16-32(2)3;1-31(2)14-20-9-10-32(15-20)24-7-8-25-23(11-24)17-33-16-22(21-5-3-19(13-28)4-6-21)12-26(33)27-30-29-18-34(25)27/h3-8,10,12-14,16,25H,2,9,11,15,17-20H2,1H3;4-9,12-13,15,18,22H,10-11,16-17,19H2,1-3H3;3-8,11-12,16,18,20H,9-10,14-15,17H2,1-2H3/t;22-;20-/m.11/s1. The molecular weight excluding hydrogens is 1320 g/mol. The maximum atomic E-state index is 13.5. The molecule has 3 atom stereocenters. The second-order valence-electron chi connectivity index (χ2n) is 30.8. The topological polar surface area (TPSA) is 148 Å². The quantitative estimate of drug-likeness (QED) is 0.108. The SMILES string of the molecule is CCC(CF)N1CC2(CCN(c3ccc4c(c3)Cn3cc(-c5ccc(F)cc5)cc3-c3nccn3-4)C2)C1.CN(C)C[C@H]1CCN(c2ccc3c(c2)Cn2cc(-c4ccc(C#N)cc4)cc2-c2nncn2-3)C1.Cc1cnc2n1-c1ccc(N3CC[C@H](CN(C)C)C3)cc1Cn1cc(-c3ccc(C#N)cc3)cc1-2. The van der Waals surface area contributed by atoms with Crippen LogP contribution < -0.4 is 14.7 Å². The van der Waals surface area contributed by atoms with Crippen LogP contribution in [-0.4, -0.2) is 169 Å². The summed E-state index contributed by atoms with van der Waals surface area (Å²) < 4.78 is 40.3. The normalized spacial score (nSPS) is 17.3. The van der Waals surface area contributed by atoms with Gasteiger partial charge in [-0.15, -0.1) is 10.2 Å². The van der Waals surface area contributed by atoms with E-state index in [1.165, 1.54) is 64.4 Å². The lowest BCUT2D eigenvalue weighted by atomic mass is 9.78. The molecule has 18 nitrogen and oxygen atoms in total. The Bertz CT molecular complexity index is 5310. The highest BCUT2D eigenvalue weighted by atomic mass is 19.1. The van der Waals surface area contributed by atoms with Crippen molar-refractivity contribution < 1.29 is 8.78 Å². The molecule has 0 radical (unpaired) electrons. The van der Waals surface area contributed by atoms with E-state index in [0.29, 0.717) is 22.5 Å². The zero-order valence-corrected chi connectivity index (χ0v) is 61.2. The lowest BCUT2D eigenvalue weighted by molar-refractivity contribution is -0.0244. The number of alkyl halides is 1. The third-order valence-corrected chi connectivity index (χ3v) is 22.9. The van der Waals surface area contributed by atoms with Crippen molar-refractivity contribution in [3.05, 3.63) is 228 Å². The van der Waals surface area contributed by atoms with Crippen LogP contribution in [0.3, 0.4) is 0 Å². The maximum absolute atomic E-state index is 13.5. The second-order valence-corrected chi connectivity index (χ2v) is 30.8. The number of nitrogens with zero attached hydrogens (tertiary/aromatic N) is 18. The van der Waals surface area contributed by atoms with Gasteiger partial charge in [0, 0.05) is 173 Å². The summed E-state index contributed by atoms with van der Waals surface area (Å²) in [4.78, 5) is 24.0. The molecule has 7 aliphatic heterocycles. The molecule has 20 heteroatoms. The van der Waals surface area contributed by atoms with Gasteiger partial charge in [0.1, 0.15) is 18.8 Å². The van der Waals surface area contributed by atoms with Gasteiger partial charge in [0.25, 0.3) is 0 Å². The fourth-order valence-electron chi connectivity index (χ4n) is 17.6. The van der Waals surface area contributed by atoms with E-state index >= 15 is 0 Å². The molecule has 12 aromatic rings. The van der Waals surface area contributed by atoms with E-state index in [9.17, 15) is 8.78 Å². The molecule has 19 rings (SSSR count). The highest BCUT2D eigenvalue weighted by molar-refractivity contribution is 5.76. The molecule has 106 heavy (non-hydrogen) atoms. The summed E-state index contributed by atoms with van der Waals surface area (Å²) in [6, 6.07) is 53.7. The Morgan fingerprint density at radius 2 is 1.04 bits per heavy atom. The third-order valence-electron chi connectivity index (χ3n) is 22.9. The number of aromatic nitrogens is 10. The smallest absolute Gasteiger partial charge is 0.185 e. The number of likely N-dealkylation sites (tertiary alicyclic amines) is 1. The van der Waals surface area contributed by atoms with Crippen molar-refractivity contribution >= 4 is 17.1 Å². The summed E-state index contributed by atoms with van der Waals surface area (Å²) in [7, 11) is 8.64. The van der Waals surface area contributed by atoms with Gasteiger partial charge < -0.3 is 38.2 Å². The largest absolute Gasteiger partial charge is 0.371 e. The van der Waals surface area contributed by atoms with Crippen LogP contribution in [0.25, 0.3) is 85.0 Å². The number of anilines is 3. The molecule has 13 heterocycles. The van der Waals surface area contributed by atoms with E-state index in [-0.39, 0.29) is 18.5 Å². The monoisotopic (exact) mass is 1410 g/mol. The number of hydrogen-bond acceptors (Lipinski definition) is 12. The minimum atomic E-state index is -0.248. The fourth-order valence-corrected chi connectivity index (χ4v) is 17.6. The Morgan fingerprint density at radius 3 is 1.56 bits per heavy atom. The highest BCUT2D eigenvalue weighted by Gasteiger charge is 2.49. The first-order valence-corrected chi connectivity index (χ1v) is 37.3. The Labute approximate surface area is 618 Å². The molecule has 0 saturated carbocycles. The summed E-state index contributed by atoms with van der Waals surface area (Å²) in [5.41, 5.74) is 23.6. The van der Waals surface area contributed by atoms with E-state index in [0.717, 1.165) is 189 Å². The van der Waals surface area contributed by atoms with E-state index in [4.69, 9.17) is 20.5 Å². The van der Waals surface area contributed by atoms with Crippen LogP contribution in [0, 0.1) is 52.7 Å². The van der Waals surface area contributed by atoms with Crippen molar-refractivity contribution in [2.75, 3.05) is 115 Å². The summed E-state index contributed by atoms with van der Waals surface area (Å²) in [6.07, 6.45) is 18.7. The van der Waals surface area contributed by atoms with Gasteiger partial charge in [0.15, 0.2) is 17.5 Å². The van der Waals surface area contributed by atoms with Gasteiger partial charge in [-0.3, -0.25) is 18.6 Å². The Balaban J connectivity index is 0.000000117. The molecule has 0 N–H and O–H groups in total. The first-order chi connectivity index (χ1) is 51.6. The summed E-state index contributed by atoms with van der Waals surface area (Å²) in [6.45, 7) is 17.1. The number of halogens is 2.